The summed E-state index contributed by atoms with van der Waals surface area (Å²) in [5, 5.41) is 11.2. The third-order valence-electron chi connectivity index (χ3n) is 6.63. The molecular formula is C31H31N5O. The fraction of sp³-hybridized carbons (Fsp3) is 0.194. The Morgan fingerprint density at radius 3 is 2.51 bits per heavy atom. The van der Waals surface area contributed by atoms with E-state index in [1.165, 1.54) is 5.56 Å². The van der Waals surface area contributed by atoms with Gasteiger partial charge in [-0.05, 0) is 30.2 Å². The molecule has 2 heterocycles. The fourth-order valence-corrected chi connectivity index (χ4v) is 4.60. The van der Waals surface area contributed by atoms with Crippen molar-refractivity contribution in [1.29, 1.82) is 0 Å². The summed E-state index contributed by atoms with van der Waals surface area (Å²) in [6, 6.07) is 26.6. The number of nitrogens with zero attached hydrogens (tertiary/aromatic N) is 5. The van der Waals surface area contributed by atoms with Gasteiger partial charge in [-0.1, -0.05) is 74.2 Å². The Bertz CT molecular complexity index is 1490. The topological polar surface area (TPSA) is 53.9 Å². The first-order valence-electron chi connectivity index (χ1n) is 12.5. The Kier molecular flexibility index (Phi) is 6.99. The molecule has 1 aliphatic heterocycles. The van der Waals surface area contributed by atoms with Crippen molar-refractivity contribution in [3.05, 3.63) is 114 Å². The third-order valence-corrected chi connectivity index (χ3v) is 6.63. The number of rotatable bonds is 7. The molecule has 0 saturated carbocycles. The van der Waals surface area contributed by atoms with E-state index in [9.17, 15) is 0 Å². The molecule has 6 heteroatoms. The van der Waals surface area contributed by atoms with Crippen LogP contribution in [0.4, 0.5) is 11.5 Å². The van der Waals surface area contributed by atoms with Gasteiger partial charge in [-0.25, -0.2) is 4.99 Å². The molecule has 1 fully saturated rings. The molecule has 186 valence electrons. The van der Waals surface area contributed by atoms with E-state index in [-0.39, 0.29) is 0 Å². The Morgan fingerprint density at radius 2 is 1.76 bits per heavy atom. The second-order valence-electron chi connectivity index (χ2n) is 9.08. The lowest BCUT2D eigenvalue weighted by molar-refractivity contribution is 0.414. The van der Waals surface area contributed by atoms with E-state index < -0.39 is 0 Å². The van der Waals surface area contributed by atoms with E-state index in [1.54, 1.807) is 7.11 Å². The number of likely N-dealkylation sites (N-methyl/N-ethyl adjacent to an activating group) is 1. The smallest absolute Gasteiger partial charge is 0.182 e. The largest absolute Gasteiger partial charge is 0.497 e. The molecule has 6 nitrogen and oxygen atoms in total. The minimum absolute atomic E-state index is 0.636. The number of fused-ring (bicyclic) bond motifs is 1. The average molecular weight is 490 g/mol. The zero-order valence-corrected chi connectivity index (χ0v) is 21.6. The van der Waals surface area contributed by atoms with Crippen molar-refractivity contribution in [3.63, 3.8) is 0 Å². The minimum atomic E-state index is 0.636. The van der Waals surface area contributed by atoms with Crippen LogP contribution in [0.25, 0.3) is 10.8 Å². The Balaban J connectivity index is 1.47. The summed E-state index contributed by atoms with van der Waals surface area (Å²) >= 11 is 0. The van der Waals surface area contributed by atoms with Crippen molar-refractivity contribution in [1.82, 2.24) is 15.1 Å². The zero-order chi connectivity index (χ0) is 25.8. The van der Waals surface area contributed by atoms with Crippen LogP contribution >= 0.6 is 0 Å². The van der Waals surface area contributed by atoms with Gasteiger partial charge in [0.25, 0.3) is 0 Å². The maximum absolute atomic E-state index is 5.41. The maximum atomic E-state index is 5.41. The van der Waals surface area contributed by atoms with Gasteiger partial charge in [0, 0.05) is 41.7 Å². The molecular weight excluding hydrogens is 458 g/mol. The van der Waals surface area contributed by atoms with Crippen molar-refractivity contribution in [2.24, 2.45) is 4.99 Å². The van der Waals surface area contributed by atoms with Crippen LogP contribution in [0.15, 0.2) is 108 Å². The van der Waals surface area contributed by atoms with Crippen LogP contribution in [0.2, 0.25) is 0 Å². The Morgan fingerprint density at radius 1 is 1.00 bits per heavy atom. The van der Waals surface area contributed by atoms with E-state index in [2.05, 4.69) is 77.0 Å². The summed E-state index contributed by atoms with van der Waals surface area (Å²) in [7, 11) is 3.75. The monoisotopic (exact) mass is 489 g/mol. The molecule has 1 aromatic heterocycles. The molecule has 0 unspecified atom stereocenters. The Labute approximate surface area is 218 Å². The highest BCUT2D eigenvalue weighted by Crippen LogP contribution is 2.33. The standard InChI is InChI=1S/C31H31N5O/c1-5-24(19-30-22(2)36(21-35(30)3)25-14-11-15-26(20-25)37-4)32-31-28-17-10-9-16-27(28)29(33-34-31)18-23-12-7-6-8-13-23/h6-17,19-20H,2,5,18,21H2,1,3-4H3/b30-19+,32-24?. The number of aromatic nitrogens is 2. The average Bonchev–Trinajstić information content (AvgIpc) is 3.22. The SMILES string of the molecule is C=C1/C(=C\C(CC)=Nc2nnc(Cc3ccccc3)c3ccccc23)N(C)CN1c1cccc(OC)c1. The van der Waals surface area contributed by atoms with Gasteiger partial charge in [-0.2, -0.15) is 5.10 Å². The molecule has 4 aromatic rings. The molecule has 1 saturated heterocycles. The second-order valence-corrected chi connectivity index (χ2v) is 9.08. The van der Waals surface area contributed by atoms with Crippen LogP contribution in [0, 0.1) is 0 Å². The van der Waals surface area contributed by atoms with E-state index in [0.717, 1.165) is 57.9 Å². The van der Waals surface area contributed by atoms with Gasteiger partial charge in [0.15, 0.2) is 5.82 Å². The molecule has 0 atom stereocenters. The van der Waals surface area contributed by atoms with Crippen molar-refractivity contribution in [2.75, 3.05) is 25.7 Å². The van der Waals surface area contributed by atoms with Crippen molar-refractivity contribution >= 4 is 28.0 Å². The van der Waals surface area contributed by atoms with Crippen LogP contribution in [-0.2, 0) is 6.42 Å². The second kappa shape index (κ2) is 10.7. The molecule has 5 rings (SSSR count). The van der Waals surface area contributed by atoms with E-state index >= 15 is 0 Å². The van der Waals surface area contributed by atoms with Crippen LogP contribution in [0.5, 0.6) is 5.75 Å². The van der Waals surface area contributed by atoms with Gasteiger partial charge in [-0.3, -0.25) is 0 Å². The van der Waals surface area contributed by atoms with Crippen LogP contribution in [0.1, 0.15) is 24.6 Å². The summed E-state index contributed by atoms with van der Waals surface area (Å²) < 4.78 is 5.41. The number of aliphatic imine (C=N–C) groups is 1. The summed E-state index contributed by atoms with van der Waals surface area (Å²) in [4.78, 5) is 9.33. The number of allylic oxidation sites excluding steroid dienone is 1. The van der Waals surface area contributed by atoms with Crippen LogP contribution < -0.4 is 9.64 Å². The predicted molar refractivity (Wildman–Crippen MR) is 151 cm³/mol. The van der Waals surface area contributed by atoms with E-state index in [1.807, 2.05) is 48.5 Å². The highest BCUT2D eigenvalue weighted by atomic mass is 16.5. The number of benzene rings is 3. The fourth-order valence-electron chi connectivity index (χ4n) is 4.60. The van der Waals surface area contributed by atoms with Gasteiger partial charge in [0.2, 0.25) is 0 Å². The highest BCUT2D eigenvalue weighted by Gasteiger charge is 2.26. The molecule has 0 N–H and O–H groups in total. The lowest BCUT2D eigenvalue weighted by Crippen LogP contribution is -2.21. The van der Waals surface area contributed by atoms with Gasteiger partial charge in [-0.15, -0.1) is 5.10 Å². The van der Waals surface area contributed by atoms with Gasteiger partial charge < -0.3 is 14.5 Å². The normalized spacial score (nSPS) is 15.2. The first-order valence-corrected chi connectivity index (χ1v) is 12.5. The van der Waals surface area contributed by atoms with Crippen molar-refractivity contribution in [3.8, 4) is 5.75 Å². The van der Waals surface area contributed by atoms with Gasteiger partial charge in [0.05, 0.1) is 30.9 Å². The number of anilines is 1. The number of methoxy groups -OCH3 is 1. The number of hydrogen-bond acceptors (Lipinski definition) is 6. The first kappa shape index (κ1) is 24.3. The first-order chi connectivity index (χ1) is 18.1. The zero-order valence-electron chi connectivity index (χ0n) is 21.6. The highest BCUT2D eigenvalue weighted by molar-refractivity contribution is 6.01. The quantitative estimate of drug-likeness (QED) is 0.277. The van der Waals surface area contributed by atoms with Crippen molar-refractivity contribution in [2.45, 2.75) is 19.8 Å². The lowest BCUT2D eigenvalue weighted by atomic mass is 10.0. The summed E-state index contributed by atoms with van der Waals surface area (Å²) in [6.07, 6.45) is 3.59. The minimum Gasteiger partial charge on any atom is -0.497 e. The molecule has 1 aliphatic rings. The molecule has 0 spiro atoms. The lowest BCUT2D eigenvalue weighted by Gasteiger charge is -2.18. The van der Waals surface area contributed by atoms with Crippen LogP contribution in [-0.4, -0.2) is 41.6 Å². The summed E-state index contributed by atoms with van der Waals surface area (Å²) in [5.74, 6) is 1.46. The molecule has 0 aliphatic carbocycles. The summed E-state index contributed by atoms with van der Waals surface area (Å²) in [6.45, 7) is 7.19. The van der Waals surface area contributed by atoms with Gasteiger partial charge >= 0.3 is 0 Å². The predicted octanol–water partition coefficient (Wildman–Crippen LogP) is 6.52. The Hall–Kier alpha value is -4.45. The molecule has 3 aromatic carbocycles. The molecule has 0 bridgehead atoms. The molecule has 0 radical (unpaired) electrons. The third kappa shape index (κ3) is 5.09. The number of hydrogen-bond donors (Lipinski definition) is 0. The van der Waals surface area contributed by atoms with Crippen molar-refractivity contribution < 1.29 is 4.74 Å². The number of ether oxygens (including phenoxy) is 1. The van der Waals surface area contributed by atoms with Gasteiger partial charge in [0.1, 0.15) is 5.75 Å². The molecule has 0 amide bonds. The molecule has 37 heavy (non-hydrogen) atoms. The van der Waals surface area contributed by atoms with Crippen LogP contribution in [0.3, 0.4) is 0 Å². The van der Waals surface area contributed by atoms with E-state index in [4.69, 9.17) is 9.73 Å². The van der Waals surface area contributed by atoms with E-state index in [0.29, 0.717) is 12.5 Å². The summed E-state index contributed by atoms with van der Waals surface area (Å²) in [5.41, 5.74) is 6.08. The maximum Gasteiger partial charge on any atom is 0.182 e.